The summed E-state index contributed by atoms with van der Waals surface area (Å²) in [6, 6.07) is 39.8. The Balaban J connectivity index is 0.000000175. The molecule has 6 aromatic rings. The number of amides is 2. The lowest BCUT2D eigenvalue weighted by Gasteiger charge is -2.25. The second kappa shape index (κ2) is 21.4. The van der Waals surface area contributed by atoms with Crippen LogP contribution in [0.2, 0.25) is 0 Å². The van der Waals surface area contributed by atoms with Gasteiger partial charge in [0.2, 0.25) is 5.95 Å². The van der Waals surface area contributed by atoms with Gasteiger partial charge in [0.05, 0.1) is 24.7 Å². The molecule has 2 amide bonds. The molecule has 64 heavy (non-hydrogen) atoms. The van der Waals surface area contributed by atoms with Crippen molar-refractivity contribution < 1.29 is 41.7 Å². The van der Waals surface area contributed by atoms with Crippen molar-refractivity contribution in [1.29, 1.82) is 0 Å². The van der Waals surface area contributed by atoms with Gasteiger partial charge in [-0.1, -0.05) is 128 Å². The summed E-state index contributed by atoms with van der Waals surface area (Å²) in [6.45, 7) is 8.15. The first-order valence-electron chi connectivity index (χ1n) is 20.1. The molecule has 1 saturated heterocycles. The maximum Gasteiger partial charge on any atom is 0.339 e. The summed E-state index contributed by atoms with van der Waals surface area (Å²) >= 11 is 11.5. The van der Waals surface area contributed by atoms with Gasteiger partial charge in [0.1, 0.15) is 33.6 Å². The fourth-order valence-electron chi connectivity index (χ4n) is 6.73. The van der Waals surface area contributed by atoms with Crippen LogP contribution >= 0.6 is 23.2 Å². The monoisotopic (exact) mass is 924 g/mol. The Labute approximate surface area is 381 Å². The summed E-state index contributed by atoms with van der Waals surface area (Å²) < 4.78 is 48.6. The molecule has 5 aromatic carbocycles. The number of esters is 2. The molecule has 2 N–H and O–H groups in total. The maximum atomic E-state index is 12.6. The lowest BCUT2D eigenvalue weighted by molar-refractivity contribution is -0.147. The molecule has 1 aliphatic heterocycles. The number of benzene rings is 5. The fourth-order valence-corrected chi connectivity index (χ4v) is 8.10. The SMILES string of the molecule is CC1(C)C(C=C(Cl)Cl)C1C(=O)OCc1cccc(Oc2ccccc2)c1.Cc1cc(C)nc(NC(=O)NS(=O)(=O)c2ccccc2C(=O)OC2COC2)n1.c1ccc2ccccc2c1. The number of para-hydroxylation sites is 1. The Morgan fingerprint density at radius 1 is 0.781 bits per heavy atom. The largest absolute Gasteiger partial charge is 0.461 e. The average Bonchev–Trinajstić information content (AvgIpc) is 3.79. The number of anilines is 1. The molecular weight excluding hydrogens is 880 g/mol. The molecule has 1 saturated carbocycles. The second-order valence-electron chi connectivity index (χ2n) is 15.4. The zero-order valence-electron chi connectivity index (χ0n) is 35.4. The third-order valence-corrected chi connectivity index (χ3v) is 11.7. The van der Waals surface area contributed by atoms with Crippen LogP contribution in [0.4, 0.5) is 10.7 Å². The smallest absolute Gasteiger partial charge is 0.339 e. The summed E-state index contributed by atoms with van der Waals surface area (Å²) in [5.74, 6) is 0.155. The van der Waals surface area contributed by atoms with Crippen molar-refractivity contribution in [2.24, 2.45) is 17.3 Å². The lowest BCUT2D eigenvalue weighted by atomic mass is 10.1. The van der Waals surface area contributed by atoms with Gasteiger partial charge in [0.25, 0.3) is 10.0 Å². The number of nitrogens with one attached hydrogen (secondary N) is 2. The Kier molecular flexibility index (Phi) is 15.7. The number of sulfonamides is 1. The van der Waals surface area contributed by atoms with Gasteiger partial charge in [0, 0.05) is 11.4 Å². The first-order chi connectivity index (χ1) is 30.6. The van der Waals surface area contributed by atoms with Gasteiger partial charge in [-0.15, -0.1) is 0 Å². The van der Waals surface area contributed by atoms with Gasteiger partial charge < -0.3 is 18.9 Å². The third kappa shape index (κ3) is 13.1. The van der Waals surface area contributed by atoms with Crippen molar-refractivity contribution in [1.82, 2.24) is 14.7 Å². The number of aryl methyl sites for hydroxylation is 2. The number of urea groups is 1. The van der Waals surface area contributed by atoms with Crippen LogP contribution in [-0.4, -0.2) is 55.7 Å². The van der Waals surface area contributed by atoms with E-state index in [1.165, 1.54) is 35.0 Å². The van der Waals surface area contributed by atoms with Crippen LogP contribution in [0.5, 0.6) is 11.5 Å². The highest BCUT2D eigenvalue weighted by Crippen LogP contribution is 2.60. The van der Waals surface area contributed by atoms with Crippen LogP contribution in [0, 0.1) is 31.1 Å². The normalized spacial score (nSPS) is 15.9. The van der Waals surface area contributed by atoms with Crippen LogP contribution in [0.25, 0.3) is 10.8 Å². The van der Waals surface area contributed by atoms with Crippen LogP contribution in [0.15, 0.2) is 149 Å². The van der Waals surface area contributed by atoms with E-state index in [2.05, 4.69) is 63.8 Å². The highest BCUT2D eigenvalue weighted by molar-refractivity contribution is 7.90. The van der Waals surface area contributed by atoms with Crippen molar-refractivity contribution in [3.63, 3.8) is 0 Å². The minimum atomic E-state index is -4.35. The van der Waals surface area contributed by atoms with Crippen molar-refractivity contribution in [2.75, 3.05) is 18.5 Å². The molecule has 2 heterocycles. The van der Waals surface area contributed by atoms with Gasteiger partial charge in [-0.25, -0.2) is 32.7 Å². The number of halogens is 2. The number of carbonyl (C=O) groups is 3. The van der Waals surface area contributed by atoms with E-state index in [0.717, 1.165) is 11.3 Å². The Bertz CT molecular complexity index is 2660. The zero-order valence-corrected chi connectivity index (χ0v) is 37.7. The van der Waals surface area contributed by atoms with E-state index in [0.29, 0.717) is 17.1 Å². The van der Waals surface area contributed by atoms with E-state index in [9.17, 15) is 22.8 Å². The van der Waals surface area contributed by atoms with Crippen LogP contribution in [0.1, 0.15) is 41.2 Å². The predicted molar refractivity (Wildman–Crippen MR) is 245 cm³/mol. The molecule has 1 aromatic heterocycles. The van der Waals surface area contributed by atoms with Gasteiger partial charge in [-0.05, 0) is 90.1 Å². The molecule has 332 valence electrons. The van der Waals surface area contributed by atoms with E-state index < -0.39 is 28.1 Å². The number of aromatic nitrogens is 2. The van der Waals surface area contributed by atoms with E-state index in [-0.39, 0.29) is 63.9 Å². The first kappa shape index (κ1) is 47.2. The predicted octanol–water partition coefficient (Wildman–Crippen LogP) is 10.1. The first-order valence-corrected chi connectivity index (χ1v) is 22.3. The molecule has 0 bridgehead atoms. The summed E-state index contributed by atoms with van der Waals surface area (Å²) in [7, 11) is -4.35. The number of ether oxygens (including phenoxy) is 4. The number of nitrogens with zero attached hydrogens (tertiary/aromatic N) is 2. The molecule has 2 fully saturated rings. The number of allylic oxidation sites excluding steroid dienone is 1. The van der Waals surface area contributed by atoms with Crippen molar-refractivity contribution in [2.45, 2.75) is 45.3 Å². The van der Waals surface area contributed by atoms with Crippen molar-refractivity contribution in [3.8, 4) is 11.5 Å². The molecule has 2 atom stereocenters. The molecule has 8 rings (SSSR count). The van der Waals surface area contributed by atoms with E-state index in [1.807, 2.05) is 73.2 Å². The molecular formula is C48H46Cl2N4O9S. The average molecular weight is 926 g/mol. The number of fused-ring (bicyclic) bond motifs is 1. The van der Waals surface area contributed by atoms with Crippen molar-refractivity contribution in [3.05, 3.63) is 167 Å². The van der Waals surface area contributed by atoms with E-state index in [1.54, 1.807) is 26.0 Å². The number of hydrogen-bond donors (Lipinski definition) is 2. The van der Waals surface area contributed by atoms with Gasteiger partial charge in [0.15, 0.2) is 0 Å². The molecule has 13 nitrogen and oxygen atoms in total. The summed E-state index contributed by atoms with van der Waals surface area (Å²) in [5, 5.41) is 4.88. The van der Waals surface area contributed by atoms with Gasteiger partial charge in [-0.3, -0.25) is 10.1 Å². The molecule has 2 aliphatic rings. The van der Waals surface area contributed by atoms with E-state index >= 15 is 0 Å². The Morgan fingerprint density at radius 3 is 1.95 bits per heavy atom. The minimum Gasteiger partial charge on any atom is -0.461 e. The molecule has 0 radical (unpaired) electrons. The molecule has 1 aliphatic carbocycles. The van der Waals surface area contributed by atoms with Gasteiger partial charge in [-0.2, -0.15) is 0 Å². The molecule has 2 unspecified atom stereocenters. The van der Waals surface area contributed by atoms with Crippen LogP contribution in [-0.2, 0) is 35.6 Å². The summed E-state index contributed by atoms with van der Waals surface area (Å²) in [5.41, 5.74) is 1.71. The summed E-state index contributed by atoms with van der Waals surface area (Å²) in [6.07, 6.45) is 1.30. The standard InChI is InChI=1S/C21H20Cl2O3.C17H18N4O6S.C10H8/c1-21(2)17(12-18(22)23)19(21)20(24)25-13-14-7-6-10-16(11-14)26-15-8-4-3-5-9-15;1-10-7-11(2)19-16(18-10)20-17(23)21-28(24,25)14-6-4-3-5-13(14)15(22)27-12-8-26-9-12;1-2-6-10-8-4-3-7-9(10)5-1/h3-12,17,19H,13H2,1-2H3;3-7,12H,8-9H2,1-2H3,(H2,18,19,20,21,23);1-8H. The van der Waals surface area contributed by atoms with E-state index in [4.69, 9.17) is 42.1 Å². The number of hydrogen-bond acceptors (Lipinski definition) is 11. The zero-order chi connectivity index (χ0) is 45.9. The fraction of sp³-hybridized carbons (Fsp3) is 0.229. The molecule has 16 heteroatoms. The Hall–Kier alpha value is -6.32. The van der Waals surface area contributed by atoms with Crippen molar-refractivity contribution >= 4 is 67.9 Å². The highest BCUT2D eigenvalue weighted by Gasteiger charge is 2.61. The quantitative estimate of drug-likeness (QED) is 0.119. The number of carbonyl (C=O) groups excluding carboxylic acids is 3. The lowest BCUT2D eigenvalue weighted by Crippen LogP contribution is -2.39. The van der Waals surface area contributed by atoms with Crippen LogP contribution < -0.4 is 14.8 Å². The number of rotatable bonds is 11. The highest BCUT2D eigenvalue weighted by atomic mass is 35.5. The maximum absolute atomic E-state index is 12.6. The Morgan fingerprint density at radius 2 is 1.36 bits per heavy atom. The van der Waals surface area contributed by atoms with Gasteiger partial charge >= 0.3 is 18.0 Å². The minimum absolute atomic E-state index is 0.00717. The second-order valence-corrected chi connectivity index (χ2v) is 18.1. The molecule has 0 spiro atoms. The van der Waals surface area contributed by atoms with Crippen LogP contribution in [0.3, 0.4) is 0 Å². The summed E-state index contributed by atoms with van der Waals surface area (Å²) in [4.78, 5) is 44.4. The third-order valence-electron chi connectivity index (χ3n) is 10.1. The topological polar surface area (TPSA) is 172 Å².